The average molecular weight is 674 g/mol. The number of carbonyl (C=O) groups is 5. The van der Waals surface area contributed by atoms with E-state index in [1.807, 2.05) is 71.9 Å². The van der Waals surface area contributed by atoms with Gasteiger partial charge in [0.25, 0.3) is 0 Å². The Labute approximate surface area is 288 Å². The smallest absolute Gasteiger partial charge is 0.243 e. The van der Waals surface area contributed by atoms with Crippen LogP contribution >= 0.6 is 0 Å². The topological polar surface area (TPSA) is 180 Å². The fourth-order valence-corrected chi connectivity index (χ4v) is 5.99. The predicted molar refractivity (Wildman–Crippen MR) is 189 cm³/mol. The standard InChI is InChI=1S/C37H63N5O6/c1-11-26(12-2)39-36(47)30(23(7)8)31(34(38)45)33(44)27(20-25-16-14-13-15-17-25)41-37(48)32(24(9)10)42-35(46)28(18-21(3)4)40-29(43)19-22(5)6/h13-17,21-24,26-28,30-33,44H,11-12,18-20H2,1-10H3,(H2,38,45)(H,39,47)(H,40,43)(H,41,48)(H,42,46)/t27-,28-,30-,31?,32-,33+/m0/s1. The Bertz CT molecular complexity index is 1170. The molecule has 0 saturated carbocycles. The molecular formula is C37H63N5O6. The molecule has 0 saturated heterocycles. The molecule has 48 heavy (non-hydrogen) atoms. The third kappa shape index (κ3) is 13.9. The SMILES string of the molecule is CCC(CC)NC(=O)[C@@H](C(C)C)C(C(N)=O)[C@H](O)[C@H](Cc1ccccc1)NC(=O)[C@@H](NC(=O)[C@H](CC(C)C)NC(=O)CC(C)C)C(C)C. The van der Waals surface area contributed by atoms with Crippen LogP contribution in [-0.4, -0.2) is 64.9 Å². The van der Waals surface area contributed by atoms with Crippen molar-refractivity contribution < 1.29 is 29.1 Å². The molecule has 7 N–H and O–H groups in total. The van der Waals surface area contributed by atoms with E-state index in [4.69, 9.17) is 5.73 Å². The van der Waals surface area contributed by atoms with Gasteiger partial charge in [0.05, 0.1) is 24.0 Å². The van der Waals surface area contributed by atoms with Crippen molar-refractivity contribution in [1.29, 1.82) is 0 Å². The number of primary amides is 1. The molecule has 1 aromatic carbocycles. The maximum Gasteiger partial charge on any atom is 0.243 e. The second-order valence-corrected chi connectivity index (χ2v) is 14.6. The molecule has 0 aliphatic heterocycles. The van der Waals surface area contributed by atoms with Gasteiger partial charge < -0.3 is 32.1 Å². The Morgan fingerprint density at radius 1 is 0.708 bits per heavy atom. The van der Waals surface area contributed by atoms with Gasteiger partial charge >= 0.3 is 0 Å². The summed E-state index contributed by atoms with van der Waals surface area (Å²) in [6, 6.07) is 6.17. The zero-order valence-electron chi connectivity index (χ0n) is 30.8. The van der Waals surface area contributed by atoms with E-state index >= 15 is 0 Å². The molecule has 1 unspecified atom stereocenters. The molecule has 1 aromatic rings. The highest BCUT2D eigenvalue weighted by molar-refractivity contribution is 5.92. The minimum atomic E-state index is -1.53. The van der Waals surface area contributed by atoms with E-state index in [2.05, 4.69) is 21.3 Å². The van der Waals surface area contributed by atoms with Gasteiger partial charge in [-0.05, 0) is 54.9 Å². The van der Waals surface area contributed by atoms with E-state index in [9.17, 15) is 29.1 Å². The van der Waals surface area contributed by atoms with Crippen LogP contribution in [0.4, 0.5) is 0 Å². The number of amides is 5. The lowest BCUT2D eigenvalue weighted by Crippen LogP contribution is -2.60. The summed E-state index contributed by atoms with van der Waals surface area (Å²) in [7, 11) is 0. The lowest BCUT2D eigenvalue weighted by molar-refractivity contribution is -0.142. The summed E-state index contributed by atoms with van der Waals surface area (Å²) in [5.74, 6) is -5.31. The molecule has 11 heteroatoms. The van der Waals surface area contributed by atoms with E-state index in [0.717, 1.165) is 5.56 Å². The van der Waals surface area contributed by atoms with Crippen molar-refractivity contribution in [3.05, 3.63) is 35.9 Å². The van der Waals surface area contributed by atoms with Gasteiger partial charge in [-0.3, -0.25) is 24.0 Å². The van der Waals surface area contributed by atoms with E-state index < -0.39 is 53.8 Å². The second kappa shape index (κ2) is 20.8. The van der Waals surface area contributed by atoms with Crippen LogP contribution in [0, 0.1) is 35.5 Å². The Morgan fingerprint density at radius 2 is 1.29 bits per heavy atom. The van der Waals surface area contributed by atoms with Crippen LogP contribution in [0.3, 0.4) is 0 Å². The second-order valence-electron chi connectivity index (χ2n) is 14.6. The van der Waals surface area contributed by atoms with E-state index in [0.29, 0.717) is 19.3 Å². The van der Waals surface area contributed by atoms with Crippen molar-refractivity contribution in [3.63, 3.8) is 0 Å². The van der Waals surface area contributed by atoms with Gasteiger partial charge in [-0.25, -0.2) is 0 Å². The molecule has 0 radical (unpaired) electrons. The van der Waals surface area contributed by atoms with Crippen LogP contribution in [0.15, 0.2) is 30.3 Å². The number of hydrogen-bond acceptors (Lipinski definition) is 6. The molecular weight excluding hydrogens is 610 g/mol. The first-order chi connectivity index (χ1) is 22.4. The summed E-state index contributed by atoms with van der Waals surface area (Å²) >= 11 is 0. The number of aliphatic hydroxyl groups excluding tert-OH is 1. The highest BCUT2D eigenvalue weighted by Crippen LogP contribution is 2.28. The first-order valence-corrected chi connectivity index (χ1v) is 17.6. The van der Waals surface area contributed by atoms with Crippen LogP contribution in [0.5, 0.6) is 0 Å². The summed E-state index contributed by atoms with van der Waals surface area (Å²) in [5.41, 5.74) is 6.69. The number of nitrogens with one attached hydrogen (secondary N) is 4. The molecule has 0 heterocycles. The van der Waals surface area contributed by atoms with Gasteiger partial charge in [0.15, 0.2) is 0 Å². The minimum absolute atomic E-state index is 0.0959. The Balaban J connectivity index is 3.47. The molecule has 272 valence electrons. The van der Waals surface area contributed by atoms with Gasteiger partial charge in [0.1, 0.15) is 12.1 Å². The van der Waals surface area contributed by atoms with Gasteiger partial charge in [-0.2, -0.15) is 0 Å². The monoisotopic (exact) mass is 673 g/mol. The normalized spacial score (nSPS) is 15.5. The summed E-state index contributed by atoms with van der Waals surface area (Å²) in [6.45, 7) is 18.8. The number of hydrogen-bond donors (Lipinski definition) is 6. The van der Waals surface area contributed by atoms with Crippen LogP contribution < -0.4 is 27.0 Å². The lowest BCUT2D eigenvalue weighted by atomic mass is 9.76. The molecule has 11 nitrogen and oxygen atoms in total. The van der Waals surface area contributed by atoms with Gasteiger partial charge in [-0.1, -0.05) is 99.6 Å². The highest BCUT2D eigenvalue weighted by atomic mass is 16.3. The molecule has 0 fully saturated rings. The number of benzene rings is 1. The van der Waals surface area contributed by atoms with Crippen LogP contribution in [0.2, 0.25) is 0 Å². The summed E-state index contributed by atoms with van der Waals surface area (Å²) in [6.07, 6.45) is 0.655. The summed E-state index contributed by atoms with van der Waals surface area (Å²) in [4.78, 5) is 66.7. The van der Waals surface area contributed by atoms with Crippen molar-refractivity contribution in [1.82, 2.24) is 21.3 Å². The van der Waals surface area contributed by atoms with Crippen LogP contribution in [-0.2, 0) is 30.4 Å². The zero-order valence-corrected chi connectivity index (χ0v) is 30.8. The van der Waals surface area contributed by atoms with Gasteiger partial charge in [0.2, 0.25) is 29.5 Å². The lowest BCUT2D eigenvalue weighted by Gasteiger charge is -2.36. The van der Waals surface area contributed by atoms with E-state index in [-0.39, 0.29) is 54.4 Å². The molecule has 0 aliphatic carbocycles. The maximum atomic E-state index is 14.0. The Hall–Kier alpha value is -3.47. The van der Waals surface area contributed by atoms with Crippen LogP contribution in [0.1, 0.15) is 100 Å². The number of rotatable bonds is 21. The largest absolute Gasteiger partial charge is 0.390 e. The number of nitrogens with two attached hydrogens (primary N) is 1. The first-order valence-electron chi connectivity index (χ1n) is 17.6. The van der Waals surface area contributed by atoms with Crippen molar-refractivity contribution in [3.8, 4) is 0 Å². The third-order valence-corrected chi connectivity index (χ3v) is 8.67. The molecule has 0 bridgehead atoms. The number of aliphatic hydroxyl groups is 1. The van der Waals surface area contributed by atoms with E-state index in [1.165, 1.54) is 0 Å². The minimum Gasteiger partial charge on any atom is -0.390 e. The molecule has 0 aliphatic rings. The summed E-state index contributed by atoms with van der Waals surface area (Å²) in [5, 5.41) is 23.4. The predicted octanol–water partition coefficient (Wildman–Crippen LogP) is 3.47. The van der Waals surface area contributed by atoms with Gasteiger partial charge in [0, 0.05) is 12.5 Å². The van der Waals surface area contributed by atoms with E-state index in [1.54, 1.807) is 27.7 Å². The van der Waals surface area contributed by atoms with Crippen molar-refractivity contribution in [2.75, 3.05) is 0 Å². The number of carbonyl (C=O) groups excluding carboxylic acids is 5. The van der Waals surface area contributed by atoms with Crippen molar-refractivity contribution >= 4 is 29.5 Å². The molecule has 5 amide bonds. The van der Waals surface area contributed by atoms with Gasteiger partial charge in [-0.15, -0.1) is 0 Å². The average Bonchev–Trinajstić information content (AvgIpc) is 2.99. The van der Waals surface area contributed by atoms with Crippen molar-refractivity contribution in [2.45, 2.75) is 132 Å². The molecule has 1 rings (SSSR count). The summed E-state index contributed by atoms with van der Waals surface area (Å²) < 4.78 is 0. The first kappa shape index (κ1) is 42.6. The fourth-order valence-electron chi connectivity index (χ4n) is 5.99. The highest BCUT2D eigenvalue weighted by Gasteiger charge is 2.44. The maximum absolute atomic E-state index is 14.0. The van der Waals surface area contributed by atoms with Crippen molar-refractivity contribution in [2.24, 2.45) is 41.2 Å². The molecule has 0 aromatic heterocycles. The molecule has 0 spiro atoms. The Morgan fingerprint density at radius 3 is 1.75 bits per heavy atom. The zero-order chi connectivity index (χ0) is 36.7. The van der Waals surface area contributed by atoms with Crippen LogP contribution in [0.25, 0.3) is 0 Å². The molecule has 6 atom stereocenters. The third-order valence-electron chi connectivity index (χ3n) is 8.67. The quantitative estimate of drug-likeness (QED) is 0.116. The fraction of sp³-hybridized carbons (Fsp3) is 0.703. The Kier molecular flexibility index (Phi) is 18.4.